The highest BCUT2D eigenvalue weighted by Gasteiger charge is 2.36. The number of hydrogen-bond donors (Lipinski definition) is 2. The second-order valence-electron chi connectivity index (χ2n) is 5.92. The van der Waals surface area contributed by atoms with E-state index in [4.69, 9.17) is 5.11 Å². The van der Waals surface area contributed by atoms with Gasteiger partial charge in [-0.25, -0.2) is 18.1 Å². The number of aliphatic hydroxyl groups excluding tert-OH is 1. The molecule has 0 saturated carbocycles. The summed E-state index contributed by atoms with van der Waals surface area (Å²) in [5.74, 6) is -0.742. The zero-order chi connectivity index (χ0) is 21.1. The molecule has 0 atom stereocenters. The molecule has 1 aromatic carbocycles. The Morgan fingerprint density at radius 3 is 2.48 bits per heavy atom. The molecule has 2 N–H and O–H groups in total. The van der Waals surface area contributed by atoms with Gasteiger partial charge in [0.05, 0.1) is 10.6 Å². The standard InChI is InChI=1S/C17H16F3N5O3S/c18-17(19,20)14-11-21-16(24-15(14)25-8-1-7-22-25)23-12-3-5-13(6-4-12)29(27,28)10-2-9-26/h1,3-8,11,26H,2,9-10H2,(H,21,23,24). The van der Waals surface area contributed by atoms with Crippen LogP contribution in [0.5, 0.6) is 0 Å². The van der Waals surface area contributed by atoms with E-state index in [-0.39, 0.29) is 29.6 Å². The number of nitrogens with one attached hydrogen (secondary N) is 1. The van der Waals surface area contributed by atoms with Gasteiger partial charge in [-0.15, -0.1) is 0 Å². The molecule has 8 nitrogen and oxygen atoms in total. The van der Waals surface area contributed by atoms with Gasteiger partial charge in [-0.3, -0.25) is 0 Å². The summed E-state index contributed by atoms with van der Waals surface area (Å²) in [6.07, 6.45) is -1.24. The van der Waals surface area contributed by atoms with Crippen LogP contribution in [0.25, 0.3) is 5.82 Å². The molecule has 3 rings (SSSR count). The highest BCUT2D eigenvalue weighted by Crippen LogP contribution is 2.33. The van der Waals surface area contributed by atoms with Gasteiger partial charge in [-0.1, -0.05) is 0 Å². The van der Waals surface area contributed by atoms with E-state index in [9.17, 15) is 21.6 Å². The molecule has 0 aliphatic heterocycles. The lowest BCUT2D eigenvalue weighted by atomic mass is 10.3. The molecule has 0 unspecified atom stereocenters. The summed E-state index contributed by atoms with van der Waals surface area (Å²) < 4.78 is 64.9. The summed E-state index contributed by atoms with van der Waals surface area (Å²) in [7, 11) is -3.53. The Morgan fingerprint density at radius 2 is 1.90 bits per heavy atom. The highest BCUT2D eigenvalue weighted by molar-refractivity contribution is 7.91. The molecule has 12 heteroatoms. The zero-order valence-corrected chi connectivity index (χ0v) is 15.7. The summed E-state index contributed by atoms with van der Waals surface area (Å²) in [5.41, 5.74) is -0.658. The number of alkyl halides is 3. The predicted octanol–water partition coefficient (Wildman–Crippen LogP) is 2.58. The fourth-order valence-electron chi connectivity index (χ4n) is 2.45. The Labute approximate surface area is 164 Å². The number of aromatic nitrogens is 4. The van der Waals surface area contributed by atoms with Crippen molar-refractivity contribution in [2.75, 3.05) is 17.7 Å². The average molecular weight is 427 g/mol. The van der Waals surface area contributed by atoms with Crippen molar-refractivity contribution in [3.05, 3.63) is 54.5 Å². The van der Waals surface area contributed by atoms with Gasteiger partial charge in [0, 0.05) is 30.9 Å². The minimum atomic E-state index is -4.66. The molecule has 0 radical (unpaired) electrons. The van der Waals surface area contributed by atoms with E-state index in [1.807, 2.05) is 0 Å². The van der Waals surface area contributed by atoms with Crippen LogP contribution in [-0.2, 0) is 16.0 Å². The summed E-state index contributed by atoms with van der Waals surface area (Å²) in [6, 6.07) is 7.06. The van der Waals surface area contributed by atoms with Gasteiger partial charge in [0.2, 0.25) is 5.95 Å². The van der Waals surface area contributed by atoms with Crippen LogP contribution in [0.2, 0.25) is 0 Å². The average Bonchev–Trinajstić information content (AvgIpc) is 3.21. The van der Waals surface area contributed by atoms with Crippen LogP contribution in [0.15, 0.2) is 53.8 Å². The molecule has 0 saturated heterocycles. The first kappa shape index (κ1) is 20.7. The fourth-order valence-corrected chi connectivity index (χ4v) is 3.74. The largest absolute Gasteiger partial charge is 0.421 e. The Morgan fingerprint density at radius 1 is 1.17 bits per heavy atom. The quantitative estimate of drug-likeness (QED) is 0.596. The number of aliphatic hydroxyl groups is 1. The van der Waals surface area contributed by atoms with E-state index in [2.05, 4.69) is 20.4 Å². The van der Waals surface area contributed by atoms with Crippen molar-refractivity contribution in [1.29, 1.82) is 0 Å². The third kappa shape index (κ3) is 4.90. The van der Waals surface area contributed by atoms with Gasteiger partial charge in [-0.05, 0) is 36.8 Å². The third-order valence-corrected chi connectivity index (χ3v) is 5.65. The Balaban J connectivity index is 1.86. The van der Waals surface area contributed by atoms with Crippen LogP contribution in [0.3, 0.4) is 0 Å². The molecule has 2 aromatic heterocycles. The van der Waals surface area contributed by atoms with Crippen molar-refractivity contribution < 1.29 is 26.7 Å². The van der Waals surface area contributed by atoms with E-state index in [0.717, 1.165) is 4.68 Å². The Hall–Kier alpha value is -2.99. The summed E-state index contributed by atoms with van der Waals surface area (Å²) in [5, 5.41) is 15.3. The molecule has 0 spiro atoms. The number of hydrogen-bond acceptors (Lipinski definition) is 7. The monoisotopic (exact) mass is 427 g/mol. The minimum Gasteiger partial charge on any atom is -0.396 e. The molecule has 154 valence electrons. The normalized spacial score (nSPS) is 12.1. The van der Waals surface area contributed by atoms with Gasteiger partial charge in [0.25, 0.3) is 0 Å². The van der Waals surface area contributed by atoms with Crippen molar-refractivity contribution in [2.45, 2.75) is 17.5 Å². The molecule has 0 aliphatic carbocycles. The van der Waals surface area contributed by atoms with Crippen LogP contribution < -0.4 is 5.32 Å². The maximum absolute atomic E-state index is 13.2. The van der Waals surface area contributed by atoms with Crippen LogP contribution in [0.4, 0.5) is 24.8 Å². The molecular formula is C17H16F3N5O3S. The number of halogens is 3. The molecule has 3 aromatic rings. The van der Waals surface area contributed by atoms with Gasteiger partial charge in [0.1, 0.15) is 5.56 Å². The lowest BCUT2D eigenvalue weighted by Crippen LogP contribution is -2.15. The van der Waals surface area contributed by atoms with Crippen LogP contribution >= 0.6 is 0 Å². The first-order valence-corrected chi connectivity index (χ1v) is 10.0. The predicted molar refractivity (Wildman–Crippen MR) is 97.6 cm³/mol. The van der Waals surface area contributed by atoms with Crippen molar-refractivity contribution in [1.82, 2.24) is 19.7 Å². The Bertz CT molecular complexity index is 1070. The molecule has 0 amide bonds. The molecular weight excluding hydrogens is 411 g/mol. The number of rotatable bonds is 7. The van der Waals surface area contributed by atoms with Crippen LogP contribution in [0.1, 0.15) is 12.0 Å². The lowest BCUT2D eigenvalue weighted by molar-refractivity contribution is -0.138. The summed E-state index contributed by atoms with van der Waals surface area (Å²) >= 11 is 0. The maximum atomic E-state index is 13.2. The SMILES string of the molecule is O=S(=O)(CCCO)c1ccc(Nc2ncc(C(F)(F)F)c(-n3cccn3)n2)cc1. The molecule has 2 heterocycles. The zero-order valence-electron chi connectivity index (χ0n) is 14.8. The molecule has 0 aliphatic rings. The van der Waals surface area contributed by atoms with Gasteiger partial charge in [-0.2, -0.15) is 23.3 Å². The number of benzene rings is 1. The number of nitrogens with zero attached hydrogens (tertiary/aromatic N) is 4. The first-order valence-electron chi connectivity index (χ1n) is 8.36. The fraction of sp³-hybridized carbons (Fsp3) is 0.235. The van der Waals surface area contributed by atoms with Crippen molar-refractivity contribution in [3.63, 3.8) is 0 Å². The maximum Gasteiger partial charge on any atom is 0.421 e. The van der Waals surface area contributed by atoms with Gasteiger partial charge < -0.3 is 10.4 Å². The minimum absolute atomic E-state index is 0.0714. The van der Waals surface area contributed by atoms with E-state index >= 15 is 0 Å². The van der Waals surface area contributed by atoms with E-state index in [1.54, 1.807) is 0 Å². The van der Waals surface area contributed by atoms with E-state index in [0.29, 0.717) is 11.9 Å². The highest BCUT2D eigenvalue weighted by atomic mass is 32.2. The second kappa shape index (κ2) is 8.17. The molecule has 29 heavy (non-hydrogen) atoms. The lowest BCUT2D eigenvalue weighted by Gasteiger charge is -2.13. The van der Waals surface area contributed by atoms with Crippen molar-refractivity contribution in [3.8, 4) is 5.82 Å². The smallest absolute Gasteiger partial charge is 0.396 e. The first-order chi connectivity index (χ1) is 13.7. The summed E-state index contributed by atoms with van der Waals surface area (Å²) in [6.45, 7) is -0.233. The summed E-state index contributed by atoms with van der Waals surface area (Å²) in [4.78, 5) is 7.67. The number of sulfone groups is 1. The van der Waals surface area contributed by atoms with E-state index in [1.165, 1.54) is 42.7 Å². The molecule has 0 bridgehead atoms. The molecule has 0 fully saturated rings. The van der Waals surface area contributed by atoms with Gasteiger partial charge >= 0.3 is 6.18 Å². The van der Waals surface area contributed by atoms with Crippen LogP contribution in [-0.4, -0.2) is 45.6 Å². The van der Waals surface area contributed by atoms with Crippen LogP contribution in [0, 0.1) is 0 Å². The third-order valence-electron chi connectivity index (χ3n) is 3.84. The van der Waals surface area contributed by atoms with Crippen molar-refractivity contribution >= 4 is 21.5 Å². The van der Waals surface area contributed by atoms with Crippen molar-refractivity contribution in [2.24, 2.45) is 0 Å². The number of anilines is 2. The topological polar surface area (TPSA) is 110 Å². The van der Waals surface area contributed by atoms with Gasteiger partial charge in [0.15, 0.2) is 15.7 Å². The van der Waals surface area contributed by atoms with E-state index < -0.39 is 27.4 Å². The second-order valence-corrected chi connectivity index (χ2v) is 8.03. The Kier molecular flexibility index (Phi) is 5.84.